The number of halogens is 1. The van der Waals surface area contributed by atoms with Crippen LogP contribution in [0.5, 0.6) is 0 Å². The van der Waals surface area contributed by atoms with E-state index in [2.05, 4.69) is 15.7 Å². The van der Waals surface area contributed by atoms with Crippen LogP contribution in [-0.2, 0) is 13.6 Å². The molecule has 0 saturated carbocycles. The first-order chi connectivity index (χ1) is 8.65. The summed E-state index contributed by atoms with van der Waals surface area (Å²) in [6.07, 6.45) is 3.64. The Morgan fingerprint density at radius 3 is 2.89 bits per heavy atom. The van der Waals surface area contributed by atoms with Gasteiger partial charge in [-0.3, -0.25) is 4.68 Å². The van der Waals surface area contributed by atoms with Gasteiger partial charge in [-0.1, -0.05) is 12.1 Å². The molecule has 18 heavy (non-hydrogen) atoms. The van der Waals surface area contributed by atoms with Crippen molar-refractivity contribution < 1.29 is 4.39 Å². The predicted molar refractivity (Wildman–Crippen MR) is 72.7 cm³/mol. The van der Waals surface area contributed by atoms with Crippen molar-refractivity contribution in [2.24, 2.45) is 7.05 Å². The Bertz CT molecular complexity index is 553. The molecule has 2 aromatic rings. The second kappa shape index (κ2) is 5.59. The number of para-hydroxylation sites is 1. The van der Waals surface area contributed by atoms with Crippen molar-refractivity contribution in [2.45, 2.75) is 6.54 Å². The van der Waals surface area contributed by atoms with E-state index in [4.69, 9.17) is 12.2 Å². The molecule has 0 aliphatic rings. The first kappa shape index (κ1) is 12.5. The van der Waals surface area contributed by atoms with Gasteiger partial charge in [-0.15, -0.1) is 0 Å². The summed E-state index contributed by atoms with van der Waals surface area (Å²) in [5.41, 5.74) is 1.37. The van der Waals surface area contributed by atoms with Crippen LogP contribution in [0.1, 0.15) is 5.56 Å². The van der Waals surface area contributed by atoms with E-state index in [-0.39, 0.29) is 5.82 Å². The van der Waals surface area contributed by atoms with Gasteiger partial charge in [0.05, 0.1) is 11.9 Å². The van der Waals surface area contributed by atoms with Crippen LogP contribution in [0.3, 0.4) is 0 Å². The van der Waals surface area contributed by atoms with Crippen LogP contribution in [0.4, 0.5) is 10.1 Å². The molecule has 1 heterocycles. The van der Waals surface area contributed by atoms with Crippen LogP contribution < -0.4 is 10.6 Å². The molecule has 0 bridgehead atoms. The fourth-order valence-corrected chi connectivity index (χ4v) is 1.66. The Balaban J connectivity index is 1.88. The van der Waals surface area contributed by atoms with Gasteiger partial charge in [0, 0.05) is 25.4 Å². The molecule has 1 aromatic carbocycles. The maximum absolute atomic E-state index is 13.4. The van der Waals surface area contributed by atoms with Gasteiger partial charge in [0.2, 0.25) is 0 Å². The lowest BCUT2D eigenvalue weighted by atomic mass is 10.3. The van der Waals surface area contributed by atoms with Crippen molar-refractivity contribution in [3.8, 4) is 0 Å². The number of hydrogen-bond acceptors (Lipinski definition) is 2. The fourth-order valence-electron chi connectivity index (χ4n) is 1.47. The summed E-state index contributed by atoms with van der Waals surface area (Å²) in [6.45, 7) is 0.550. The Hall–Kier alpha value is -1.95. The van der Waals surface area contributed by atoms with E-state index in [0.29, 0.717) is 17.3 Å². The number of nitrogens with one attached hydrogen (secondary N) is 2. The van der Waals surface area contributed by atoms with E-state index in [0.717, 1.165) is 5.56 Å². The summed E-state index contributed by atoms with van der Waals surface area (Å²) < 4.78 is 15.1. The predicted octanol–water partition coefficient (Wildman–Crippen LogP) is 2.05. The van der Waals surface area contributed by atoms with Crippen LogP contribution in [-0.4, -0.2) is 14.9 Å². The number of thiocarbonyl (C=S) groups is 1. The number of benzene rings is 1. The van der Waals surface area contributed by atoms with Crippen LogP contribution in [0, 0.1) is 5.82 Å². The van der Waals surface area contributed by atoms with E-state index < -0.39 is 0 Å². The fraction of sp³-hybridized carbons (Fsp3) is 0.167. The zero-order chi connectivity index (χ0) is 13.0. The third kappa shape index (κ3) is 3.27. The molecule has 0 radical (unpaired) electrons. The van der Waals surface area contributed by atoms with Gasteiger partial charge >= 0.3 is 0 Å². The number of anilines is 1. The molecule has 2 rings (SSSR count). The molecule has 2 N–H and O–H groups in total. The highest BCUT2D eigenvalue weighted by Crippen LogP contribution is 2.11. The van der Waals surface area contributed by atoms with E-state index >= 15 is 0 Å². The molecule has 0 unspecified atom stereocenters. The number of nitrogens with zero attached hydrogens (tertiary/aromatic N) is 2. The minimum atomic E-state index is -0.331. The molecule has 4 nitrogen and oxygen atoms in total. The summed E-state index contributed by atoms with van der Waals surface area (Å²) in [7, 11) is 1.85. The average molecular weight is 264 g/mol. The highest BCUT2D eigenvalue weighted by molar-refractivity contribution is 7.80. The minimum absolute atomic E-state index is 0.331. The van der Waals surface area contributed by atoms with Gasteiger partial charge in [-0.2, -0.15) is 5.10 Å². The Morgan fingerprint density at radius 1 is 1.44 bits per heavy atom. The molecule has 94 valence electrons. The largest absolute Gasteiger partial charge is 0.358 e. The molecule has 0 fully saturated rings. The normalized spacial score (nSPS) is 10.1. The summed E-state index contributed by atoms with van der Waals surface area (Å²) in [5.74, 6) is -0.331. The third-order valence-electron chi connectivity index (χ3n) is 2.33. The lowest BCUT2D eigenvalue weighted by Gasteiger charge is -2.10. The van der Waals surface area contributed by atoms with Crippen molar-refractivity contribution in [3.63, 3.8) is 0 Å². The van der Waals surface area contributed by atoms with E-state index in [9.17, 15) is 4.39 Å². The molecule has 1 aromatic heterocycles. The van der Waals surface area contributed by atoms with Gasteiger partial charge < -0.3 is 10.6 Å². The Morgan fingerprint density at radius 2 is 2.22 bits per heavy atom. The standard InChI is InChI=1S/C12H13FN4S/c1-17-8-9(7-15-17)6-14-12(18)16-11-5-3-2-4-10(11)13/h2-5,7-8H,6H2,1H3,(H2,14,16,18). The lowest BCUT2D eigenvalue weighted by molar-refractivity contribution is 0.632. The summed E-state index contributed by atoms with van der Waals surface area (Å²) in [6, 6.07) is 6.39. The van der Waals surface area contributed by atoms with Crippen molar-refractivity contribution in [2.75, 3.05) is 5.32 Å². The molecular formula is C12H13FN4S. The topological polar surface area (TPSA) is 41.9 Å². The molecule has 6 heteroatoms. The van der Waals surface area contributed by atoms with Gasteiger partial charge in [0.15, 0.2) is 5.11 Å². The summed E-state index contributed by atoms with van der Waals surface area (Å²) in [4.78, 5) is 0. The minimum Gasteiger partial charge on any atom is -0.358 e. The second-order valence-electron chi connectivity index (χ2n) is 3.81. The smallest absolute Gasteiger partial charge is 0.171 e. The maximum atomic E-state index is 13.4. The lowest BCUT2D eigenvalue weighted by Crippen LogP contribution is -2.28. The second-order valence-corrected chi connectivity index (χ2v) is 4.22. The van der Waals surface area contributed by atoms with Crippen LogP contribution in [0.25, 0.3) is 0 Å². The van der Waals surface area contributed by atoms with Crippen LogP contribution in [0.15, 0.2) is 36.7 Å². The Kier molecular flexibility index (Phi) is 3.88. The number of hydrogen-bond donors (Lipinski definition) is 2. The van der Waals surface area contributed by atoms with Crippen molar-refractivity contribution in [1.82, 2.24) is 15.1 Å². The van der Waals surface area contributed by atoms with Crippen molar-refractivity contribution >= 4 is 23.0 Å². The zero-order valence-corrected chi connectivity index (χ0v) is 10.7. The number of rotatable bonds is 3. The SMILES string of the molecule is Cn1cc(CNC(=S)Nc2ccccc2F)cn1. The molecule has 0 spiro atoms. The number of aromatic nitrogens is 2. The number of aryl methyl sites for hydroxylation is 1. The third-order valence-corrected chi connectivity index (χ3v) is 2.58. The highest BCUT2D eigenvalue weighted by Gasteiger charge is 2.03. The highest BCUT2D eigenvalue weighted by atomic mass is 32.1. The maximum Gasteiger partial charge on any atom is 0.171 e. The molecule has 0 saturated heterocycles. The first-order valence-corrected chi connectivity index (χ1v) is 5.83. The molecule has 0 amide bonds. The van der Waals surface area contributed by atoms with Gasteiger partial charge in [-0.05, 0) is 24.4 Å². The first-order valence-electron chi connectivity index (χ1n) is 5.42. The molecular weight excluding hydrogens is 251 g/mol. The summed E-state index contributed by atoms with van der Waals surface area (Å²) in [5, 5.41) is 10.2. The Labute approximate surface area is 110 Å². The molecule has 0 aliphatic carbocycles. The monoisotopic (exact) mass is 264 g/mol. The summed E-state index contributed by atoms with van der Waals surface area (Å²) >= 11 is 5.09. The average Bonchev–Trinajstić information content (AvgIpc) is 2.76. The van der Waals surface area contributed by atoms with E-state index in [1.54, 1.807) is 29.1 Å². The quantitative estimate of drug-likeness (QED) is 0.833. The van der Waals surface area contributed by atoms with E-state index in [1.807, 2.05) is 13.2 Å². The zero-order valence-electron chi connectivity index (χ0n) is 9.85. The van der Waals surface area contributed by atoms with Crippen molar-refractivity contribution in [1.29, 1.82) is 0 Å². The molecule has 0 aliphatic heterocycles. The van der Waals surface area contributed by atoms with Gasteiger partial charge in [0.25, 0.3) is 0 Å². The van der Waals surface area contributed by atoms with Gasteiger partial charge in [0.1, 0.15) is 5.82 Å². The van der Waals surface area contributed by atoms with Crippen molar-refractivity contribution in [3.05, 3.63) is 48.0 Å². The molecule has 0 atom stereocenters. The van der Waals surface area contributed by atoms with E-state index in [1.165, 1.54) is 6.07 Å². The van der Waals surface area contributed by atoms with Crippen LogP contribution >= 0.6 is 12.2 Å². The van der Waals surface area contributed by atoms with Crippen LogP contribution in [0.2, 0.25) is 0 Å². The van der Waals surface area contributed by atoms with Gasteiger partial charge in [-0.25, -0.2) is 4.39 Å².